The van der Waals surface area contributed by atoms with E-state index in [0.717, 1.165) is 36.7 Å². The maximum absolute atomic E-state index is 12.9. The highest BCUT2D eigenvalue weighted by atomic mass is 35.5. The minimum atomic E-state index is -4.63. The van der Waals surface area contributed by atoms with E-state index in [1.807, 2.05) is 0 Å². The lowest BCUT2D eigenvalue weighted by Gasteiger charge is -2.12. The fourth-order valence-corrected chi connectivity index (χ4v) is 2.73. The third kappa shape index (κ3) is 4.76. The van der Waals surface area contributed by atoms with Crippen LogP contribution in [0.1, 0.15) is 16.7 Å². The van der Waals surface area contributed by atoms with Crippen molar-refractivity contribution >= 4 is 11.6 Å². The lowest BCUT2D eigenvalue weighted by atomic mass is 10.1. The van der Waals surface area contributed by atoms with Gasteiger partial charge >= 0.3 is 12.4 Å². The molecule has 0 unspecified atom stereocenters. The van der Waals surface area contributed by atoms with E-state index in [1.54, 1.807) is 0 Å². The fourth-order valence-electron chi connectivity index (χ4n) is 2.50. The third-order valence-corrected chi connectivity index (χ3v) is 4.25. The van der Waals surface area contributed by atoms with E-state index < -0.39 is 33.9 Å². The number of rotatable bonds is 4. The van der Waals surface area contributed by atoms with Crippen LogP contribution in [0.15, 0.2) is 47.5 Å². The molecule has 0 bridgehead atoms. The van der Waals surface area contributed by atoms with Crippen molar-refractivity contribution in [1.82, 2.24) is 9.97 Å². The van der Waals surface area contributed by atoms with E-state index in [9.17, 15) is 31.1 Å². The third-order valence-electron chi connectivity index (χ3n) is 3.92. The van der Waals surface area contributed by atoms with Crippen molar-refractivity contribution in [3.05, 3.63) is 74.7 Å². The number of halogens is 7. The molecular formula is C18H11ClF6N2O2. The van der Waals surface area contributed by atoms with Gasteiger partial charge in [0, 0.05) is 18.5 Å². The second kappa shape index (κ2) is 7.51. The highest BCUT2D eigenvalue weighted by Crippen LogP contribution is 2.35. The Kier molecular flexibility index (Phi) is 5.40. The van der Waals surface area contributed by atoms with E-state index in [4.69, 9.17) is 16.3 Å². The maximum atomic E-state index is 12.9. The molecule has 0 amide bonds. The number of hydrogen-bond acceptors (Lipinski definition) is 2. The maximum Gasteiger partial charge on any atom is 0.417 e. The number of aromatic nitrogens is 2. The molecular weight excluding hydrogens is 426 g/mol. The summed E-state index contributed by atoms with van der Waals surface area (Å²) in [6.45, 7) is -0.295. The highest BCUT2D eigenvalue weighted by Gasteiger charge is 2.33. The Morgan fingerprint density at radius 1 is 0.931 bits per heavy atom. The van der Waals surface area contributed by atoms with E-state index in [0.29, 0.717) is 0 Å². The minimum Gasteiger partial charge on any atom is -0.474 e. The first-order chi connectivity index (χ1) is 13.4. The van der Waals surface area contributed by atoms with Gasteiger partial charge in [0.25, 0.3) is 0 Å². The van der Waals surface area contributed by atoms with Crippen molar-refractivity contribution in [3.8, 4) is 17.1 Å². The molecule has 3 rings (SSSR count). The predicted octanol–water partition coefficient (Wildman–Crippen LogP) is 5.64. The predicted molar refractivity (Wildman–Crippen MR) is 92.6 cm³/mol. The summed E-state index contributed by atoms with van der Waals surface area (Å²) in [7, 11) is 0. The van der Waals surface area contributed by atoms with Crippen LogP contribution in [0, 0.1) is 0 Å². The number of H-pyrrole nitrogens is 2. The van der Waals surface area contributed by atoms with Crippen molar-refractivity contribution in [2.45, 2.75) is 19.0 Å². The van der Waals surface area contributed by atoms with E-state index in [2.05, 4.69) is 9.97 Å². The van der Waals surface area contributed by atoms with Crippen LogP contribution in [0.4, 0.5) is 26.3 Å². The van der Waals surface area contributed by atoms with Gasteiger partial charge in [0.05, 0.1) is 27.4 Å². The van der Waals surface area contributed by atoms with Gasteiger partial charge in [0.2, 0.25) is 0 Å². The standard InChI is InChI=1S/C18H11ClF6N2O2/c19-13-2-1-9(3-12(13)18(23,24)25)8-29-16-5-15(28)11(7-27-16)14-4-10(6-26-14)17(20,21)22/h1-7,26H,8H2,(H,27,28). The number of ether oxygens (including phenoxy) is 1. The van der Waals surface area contributed by atoms with Crippen LogP contribution in [0.25, 0.3) is 11.3 Å². The second-order valence-electron chi connectivity index (χ2n) is 5.98. The van der Waals surface area contributed by atoms with Gasteiger partial charge in [-0.2, -0.15) is 26.3 Å². The molecule has 2 aromatic heterocycles. The zero-order valence-corrected chi connectivity index (χ0v) is 15.0. The molecule has 1 aromatic carbocycles. The number of benzene rings is 1. The normalized spacial score (nSPS) is 12.2. The topological polar surface area (TPSA) is 57.9 Å². The number of pyridine rings is 1. The molecule has 154 valence electrons. The SMILES string of the molecule is O=c1cc(OCc2ccc(Cl)c(C(F)(F)F)c2)[nH]cc1-c1cc(C(F)(F)F)c[nH]1. The van der Waals surface area contributed by atoms with E-state index >= 15 is 0 Å². The summed E-state index contributed by atoms with van der Waals surface area (Å²) in [6, 6.07) is 5.02. The van der Waals surface area contributed by atoms with Crippen LogP contribution in [0.3, 0.4) is 0 Å². The van der Waals surface area contributed by atoms with Crippen molar-refractivity contribution < 1.29 is 31.1 Å². The smallest absolute Gasteiger partial charge is 0.417 e. The number of hydrogen-bond donors (Lipinski definition) is 2. The largest absolute Gasteiger partial charge is 0.474 e. The summed E-state index contributed by atoms with van der Waals surface area (Å²) in [5, 5.41) is -0.455. The van der Waals surface area contributed by atoms with Gasteiger partial charge in [-0.05, 0) is 23.8 Å². The average molecular weight is 437 g/mol. The highest BCUT2D eigenvalue weighted by molar-refractivity contribution is 6.31. The summed E-state index contributed by atoms with van der Waals surface area (Å²) in [4.78, 5) is 17.1. The molecule has 2 heterocycles. The van der Waals surface area contributed by atoms with E-state index in [1.165, 1.54) is 6.07 Å². The van der Waals surface area contributed by atoms with Gasteiger partial charge in [-0.25, -0.2) is 0 Å². The van der Waals surface area contributed by atoms with Crippen LogP contribution in [-0.4, -0.2) is 9.97 Å². The molecule has 0 aliphatic heterocycles. The molecule has 2 N–H and O–H groups in total. The lowest BCUT2D eigenvalue weighted by Crippen LogP contribution is -2.09. The first kappa shape index (κ1) is 20.8. The summed E-state index contributed by atoms with van der Waals surface area (Å²) >= 11 is 5.54. The Morgan fingerprint density at radius 3 is 2.24 bits per heavy atom. The van der Waals surface area contributed by atoms with Gasteiger partial charge in [-0.15, -0.1) is 0 Å². The molecule has 0 saturated heterocycles. The molecule has 29 heavy (non-hydrogen) atoms. The Balaban J connectivity index is 1.77. The van der Waals surface area contributed by atoms with E-state index in [-0.39, 0.29) is 29.3 Å². The first-order valence-corrected chi connectivity index (χ1v) is 8.30. The molecule has 3 aromatic rings. The Labute approximate surface area is 164 Å². The van der Waals surface area contributed by atoms with Crippen LogP contribution < -0.4 is 10.2 Å². The van der Waals surface area contributed by atoms with Gasteiger partial charge in [-0.1, -0.05) is 17.7 Å². The summed E-state index contributed by atoms with van der Waals surface area (Å²) in [5.41, 5.74) is -2.53. The zero-order valence-electron chi connectivity index (χ0n) is 14.2. The number of nitrogens with one attached hydrogen (secondary N) is 2. The fraction of sp³-hybridized carbons (Fsp3) is 0.167. The Bertz CT molecular complexity index is 1080. The Morgan fingerprint density at radius 2 is 1.66 bits per heavy atom. The van der Waals surface area contributed by atoms with Crippen molar-refractivity contribution in [3.63, 3.8) is 0 Å². The molecule has 0 spiro atoms. The minimum absolute atomic E-state index is 0.0438. The molecule has 0 atom stereocenters. The van der Waals surface area contributed by atoms with Crippen LogP contribution in [0.2, 0.25) is 5.02 Å². The van der Waals surface area contributed by atoms with Crippen molar-refractivity contribution in [2.24, 2.45) is 0 Å². The second-order valence-corrected chi connectivity index (χ2v) is 6.38. The number of aromatic amines is 2. The average Bonchev–Trinajstić information content (AvgIpc) is 3.10. The van der Waals surface area contributed by atoms with Gasteiger partial charge in [-0.3, -0.25) is 4.79 Å². The van der Waals surface area contributed by atoms with Crippen molar-refractivity contribution in [1.29, 1.82) is 0 Å². The molecule has 0 fully saturated rings. The molecule has 4 nitrogen and oxygen atoms in total. The summed E-state index contributed by atoms with van der Waals surface area (Å²) in [6.07, 6.45) is -7.31. The molecule has 0 aliphatic carbocycles. The molecule has 0 saturated carbocycles. The van der Waals surface area contributed by atoms with Crippen LogP contribution in [0.5, 0.6) is 5.88 Å². The van der Waals surface area contributed by atoms with Gasteiger partial charge < -0.3 is 14.7 Å². The van der Waals surface area contributed by atoms with Gasteiger partial charge in [0.1, 0.15) is 6.61 Å². The van der Waals surface area contributed by atoms with Crippen LogP contribution in [-0.2, 0) is 19.0 Å². The number of alkyl halides is 6. The molecule has 0 radical (unpaired) electrons. The van der Waals surface area contributed by atoms with Crippen LogP contribution >= 0.6 is 11.6 Å². The first-order valence-electron chi connectivity index (χ1n) is 7.92. The monoisotopic (exact) mass is 436 g/mol. The lowest BCUT2D eigenvalue weighted by molar-refractivity contribution is -0.138. The summed E-state index contributed by atoms with van der Waals surface area (Å²) < 4.78 is 81.9. The molecule has 0 aliphatic rings. The van der Waals surface area contributed by atoms with Crippen molar-refractivity contribution in [2.75, 3.05) is 0 Å². The molecule has 11 heteroatoms. The summed E-state index contributed by atoms with van der Waals surface area (Å²) in [5.74, 6) is -0.0649. The quantitative estimate of drug-likeness (QED) is 0.520. The zero-order chi connectivity index (χ0) is 21.4. The Hall–Kier alpha value is -2.88. The van der Waals surface area contributed by atoms with Gasteiger partial charge in [0.15, 0.2) is 11.3 Å².